The standard InChI is InChI=1S/C23H26FNO3S/c1-29(26,27)28-23-14-17-5-2-3-8-21(17)22(23)12-11-20-10-9-18(15-25-20)16-6-4-7-19(24)13-16/h4,6-7,9-13,15,17,21-23H,2-3,5,8,14H2,1H3/b12-11+/t17-,21-,22+,23?/m0/s1. The van der Waals surface area contributed by atoms with Crippen molar-refractivity contribution in [2.75, 3.05) is 6.26 Å². The van der Waals surface area contributed by atoms with Gasteiger partial charge in [-0.2, -0.15) is 8.42 Å². The molecule has 2 saturated carbocycles. The lowest BCUT2D eigenvalue weighted by molar-refractivity contribution is 0.173. The summed E-state index contributed by atoms with van der Waals surface area (Å²) in [6.07, 6.45) is 12.1. The molecule has 154 valence electrons. The summed E-state index contributed by atoms with van der Waals surface area (Å²) in [5, 5.41) is 0. The fourth-order valence-electron chi connectivity index (χ4n) is 4.91. The highest BCUT2D eigenvalue weighted by Gasteiger charge is 2.44. The van der Waals surface area contributed by atoms with Gasteiger partial charge in [0.1, 0.15) is 5.82 Å². The Labute approximate surface area is 171 Å². The highest BCUT2D eigenvalue weighted by atomic mass is 32.2. The molecule has 0 radical (unpaired) electrons. The molecule has 2 fully saturated rings. The normalized spacial score (nSPS) is 27.2. The van der Waals surface area contributed by atoms with Crippen molar-refractivity contribution in [1.29, 1.82) is 0 Å². The molecule has 4 nitrogen and oxygen atoms in total. The zero-order valence-electron chi connectivity index (χ0n) is 16.5. The van der Waals surface area contributed by atoms with Crippen molar-refractivity contribution in [2.24, 2.45) is 17.8 Å². The van der Waals surface area contributed by atoms with Crippen LogP contribution in [0.4, 0.5) is 4.39 Å². The molecule has 2 aliphatic rings. The van der Waals surface area contributed by atoms with Gasteiger partial charge in [0.25, 0.3) is 10.1 Å². The molecule has 0 spiro atoms. The van der Waals surface area contributed by atoms with Gasteiger partial charge < -0.3 is 0 Å². The van der Waals surface area contributed by atoms with Gasteiger partial charge in [0.15, 0.2) is 0 Å². The lowest BCUT2D eigenvalue weighted by Gasteiger charge is -2.28. The summed E-state index contributed by atoms with van der Waals surface area (Å²) in [7, 11) is -3.49. The fourth-order valence-corrected chi connectivity index (χ4v) is 5.57. The lowest BCUT2D eigenvalue weighted by Crippen LogP contribution is -2.24. The maximum Gasteiger partial charge on any atom is 0.264 e. The Hall–Kier alpha value is -2.05. The summed E-state index contributed by atoms with van der Waals surface area (Å²) in [4.78, 5) is 4.48. The van der Waals surface area contributed by atoms with Gasteiger partial charge in [-0.25, -0.2) is 4.39 Å². The van der Waals surface area contributed by atoms with Crippen molar-refractivity contribution in [2.45, 2.75) is 38.2 Å². The highest BCUT2D eigenvalue weighted by molar-refractivity contribution is 7.86. The van der Waals surface area contributed by atoms with E-state index in [0.717, 1.165) is 42.3 Å². The summed E-state index contributed by atoms with van der Waals surface area (Å²) in [5.74, 6) is 0.818. The van der Waals surface area contributed by atoms with Crippen LogP contribution >= 0.6 is 0 Å². The van der Waals surface area contributed by atoms with Gasteiger partial charge in [0.05, 0.1) is 18.1 Å². The maximum absolute atomic E-state index is 13.4. The van der Waals surface area contributed by atoms with Crippen molar-refractivity contribution in [3.63, 3.8) is 0 Å². The van der Waals surface area contributed by atoms with Gasteiger partial charge >= 0.3 is 0 Å². The average molecular weight is 416 g/mol. The molecule has 4 atom stereocenters. The summed E-state index contributed by atoms with van der Waals surface area (Å²) in [6, 6.07) is 10.3. The quantitative estimate of drug-likeness (QED) is 0.640. The third-order valence-electron chi connectivity index (χ3n) is 6.16. The SMILES string of the molecule is CS(=O)(=O)OC1C[C@@H]2CCCC[C@@H]2[C@H]1/C=C/c1ccc(-c2cccc(F)c2)cn1. The molecule has 0 amide bonds. The molecule has 29 heavy (non-hydrogen) atoms. The average Bonchev–Trinajstić information content (AvgIpc) is 3.02. The van der Waals surface area contributed by atoms with Crippen LogP contribution in [0.3, 0.4) is 0 Å². The first-order chi connectivity index (χ1) is 13.9. The van der Waals surface area contributed by atoms with Crippen LogP contribution in [0.25, 0.3) is 17.2 Å². The molecule has 1 aromatic heterocycles. The van der Waals surface area contributed by atoms with Gasteiger partial charge in [0, 0.05) is 17.7 Å². The molecule has 1 heterocycles. The molecular formula is C23H26FNO3S. The van der Waals surface area contributed by atoms with Gasteiger partial charge in [-0.05, 0) is 54.5 Å². The molecule has 0 bridgehead atoms. The number of halogens is 1. The minimum absolute atomic E-state index is 0.0831. The summed E-state index contributed by atoms with van der Waals surface area (Å²) in [5.41, 5.74) is 2.44. The third kappa shape index (κ3) is 4.93. The van der Waals surface area contributed by atoms with E-state index in [-0.39, 0.29) is 17.8 Å². The zero-order chi connectivity index (χ0) is 20.4. The van der Waals surface area contributed by atoms with Gasteiger partial charge in [-0.15, -0.1) is 0 Å². The minimum Gasteiger partial charge on any atom is -0.266 e. The van der Waals surface area contributed by atoms with Crippen molar-refractivity contribution >= 4 is 16.2 Å². The van der Waals surface area contributed by atoms with Crippen LogP contribution in [0.1, 0.15) is 37.8 Å². The van der Waals surface area contributed by atoms with E-state index in [9.17, 15) is 12.8 Å². The van der Waals surface area contributed by atoms with E-state index in [1.807, 2.05) is 24.3 Å². The molecule has 0 aliphatic heterocycles. The van der Waals surface area contributed by atoms with Crippen LogP contribution in [-0.4, -0.2) is 25.8 Å². The topological polar surface area (TPSA) is 56.3 Å². The summed E-state index contributed by atoms with van der Waals surface area (Å²) >= 11 is 0. The van der Waals surface area contributed by atoms with Crippen LogP contribution in [-0.2, 0) is 14.3 Å². The second-order valence-electron chi connectivity index (χ2n) is 8.20. The van der Waals surface area contributed by atoms with Crippen molar-refractivity contribution < 1.29 is 17.0 Å². The van der Waals surface area contributed by atoms with Crippen molar-refractivity contribution in [1.82, 2.24) is 4.98 Å². The monoisotopic (exact) mass is 415 g/mol. The predicted molar refractivity (Wildman–Crippen MR) is 112 cm³/mol. The number of nitrogens with zero attached hydrogens (tertiary/aromatic N) is 1. The van der Waals surface area contributed by atoms with Crippen LogP contribution in [0.5, 0.6) is 0 Å². The molecule has 0 saturated heterocycles. The number of pyridine rings is 1. The molecular weight excluding hydrogens is 389 g/mol. The van der Waals surface area contributed by atoms with Gasteiger partial charge in [-0.1, -0.05) is 43.5 Å². The van der Waals surface area contributed by atoms with Crippen LogP contribution in [0.2, 0.25) is 0 Å². The molecule has 2 aliphatic carbocycles. The van der Waals surface area contributed by atoms with Crippen LogP contribution in [0.15, 0.2) is 48.7 Å². The Balaban J connectivity index is 1.52. The Morgan fingerprint density at radius 1 is 1.14 bits per heavy atom. The largest absolute Gasteiger partial charge is 0.266 e. The van der Waals surface area contributed by atoms with Crippen molar-refractivity contribution in [3.8, 4) is 11.1 Å². The zero-order valence-corrected chi connectivity index (χ0v) is 17.3. The van der Waals surface area contributed by atoms with Gasteiger partial charge in [-0.3, -0.25) is 9.17 Å². The van der Waals surface area contributed by atoms with E-state index < -0.39 is 10.1 Å². The van der Waals surface area contributed by atoms with E-state index in [1.165, 1.54) is 25.0 Å². The molecule has 0 N–H and O–H groups in total. The van der Waals surface area contributed by atoms with E-state index in [2.05, 4.69) is 11.1 Å². The molecule has 6 heteroatoms. The van der Waals surface area contributed by atoms with Gasteiger partial charge in [0.2, 0.25) is 0 Å². The van der Waals surface area contributed by atoms with Crippen molar-refractivity contribution in [3.05, 3.63) is 60.2 Å². The smallest absolute Gasteiger partial charge is 0.264 e. The van der Waals surface area contributed by atoms with E-state index >= 15 is 0 Å². The first-order valence-corrected chi connectivity index (χ1v) is 12.0. The summed E-state index contributed by atoms with van der Waals surface area (Å²) in [6.45, 7) is 0. The first-order valence-electron chi connectivity index (χ1n) is 10.2. The number of benzene rings is 1. The Kier molecular flexibility index (Phi) is 5.83. The van der Waals surface area contributed by atoms with E-state index in [1.54, 1.807) is 12.3 Å². The number of rotatable bonds is 5. The van der Waals surface area contributed by atoms with Crippen LogP contribution in [0, 0.1) is 23.6 Å². The maximum atomic E-state index is 13.4. The first kappa shape index (κ1) is 20.2. The summed E-state index contributed by atoms with van der Waals surface area (Å²) < 4.78 is 42.3. The van der Waals surface area contributed by atoms with Crippen LogP contribution < -0.4 is 0 Å². The third-order valence-corrected chi connectivity index (χ3v) is 6.76. The highest BCUT2D eigenvalue weighted by Crippen LogP contribution is 2.48. The van der Waals surface area contributed by atoms with E-state index in [0.29, 0.717) is 11.8 Å². The molecule has 2 aromatic rings. The Morgan fingerprint density at radius 2 is 1.97 bits per heavy atom. The lowest BCUT2D eigenvalue weighted by atomic mass is 9.78. The second kappa shape index (κ2) is 8.36. The minimum atomic E-state index is -3.49. The number of hydrogen-bond donors (Lipinski definition) is 0. The Morgan fingerprint density at radius 3 is 2.69 bits per heavy atom. The Bertz CT molecular complexity index is 987. The molecule has 1 unspecified atom stereocenters. The molecule has 1 aromatic carbocycles. The van der Waals surface area contributed by atoms with E-state index in [4.69, 9.17) is 4.18 Å². The number of hydrogen-bond acceptors (Lipinski definition) is 4. The molecule has 4 rings (SSSR count). The fraction of sp³-hybridized carbons (Fsp3) is 0.435. The predicted octanol–water partition coefficient (Wildman–Crippen LogP) is 5.07. The number of aromatic nitrogens is 1. The second-order valence-corrected chi connectivity index (χ2v) is 9.80. The number of fused-ring (bicyclic) bond motifs is 1.